The molecule has 0 bridgehead atoms. The molecule has 1 aliphatic rings. The maximum Gasteiger partial charge on any atom is 0.165 e. The zero-order valence-corrected chi connectivity index (χ0v) is 10.8. The Labute approximate surface area is 112 Å². The summed E-state index contributed by atoms with van der Waals surface area (Å²) in [5, 5.41) is 5.47. The van der Waals surface area contributed by atoms with E-state index in [1.807, 2.05) is 42.5 Å². The highest BCUT2D eigenvalue weighted by Crippen LogP contribution is 2.20. The molecule has 1 saturated heterocycles. The molecule has 1 aliphatic heterocycles. The van der Waals surface area contributed by atoms with E-state index in [4.69, 9.17) is 4.74 Å². The summed E-state index contributed by atoms with van der Waals surface area (Å²) in [6.45, 7) is 2.18. The normalized spacial score (nSPS) is 19.5. The molecule has 1 unspecified atom stereocenters. The van der Waals surface area contributed by atoms with Crippen molar-refractivity contribution in [2.24, 2.45) is 0 Å². The molecule has 0 aliphatic carbocycles. The summed E-state index contributed by atoms with van der Waals surface area (Å²) in [5.74, 6) is 0.180. The van der Waals surface area contributed by atoms with Crippen molar-refractivity contribution >= 4 is 16.6 Å². The van der Waals surface area contributed by atoms with Gasteiger partial charge in [0.2, 0.25) is 0 Å². The second-order valence-electron chi connectivity index (χ2n) is 4.88. The van der Waals surface area contributed by atoms with Crippen LogP contribution in [0.4, 0.5) is 0 Å². The third-order valence-electron chi connectivity index (χ3n) is 3.52. The van der Waals surface area contributed by atoms with Gasteiger partial charge < -0.3 is 10.1 Å². The number of nitrogens with one attached hydrogen (secondary N) is 1. The highest BCUT2D eigenvalue weighted by Gasteiger charge is 2.18. The average Bonchev–Trinajstić information content (AvgIpc) is 2.47. The lowest BCUT2D eigenvalue weighted by molar-refractivity contribution is 0.0676. The van der Waals surface area contributed by atoms with Gasteiger partial charge in [-0.1, -0.05) is 42.5 Å². The van der Waals surface area contributed by atoms with E-state index in [0.717, 1.165) is 29.5 Å². The second-order valence-corrected chi connectivity index (χ2v) is 4.88. The summed E-state index contributed by atoms with van der Waals surface area (Å²) in [5.41, 5.74) is 0.811. The van der Waals surface area contributed by atoms with Crippen LogP contribution in [0.5, 0.6) is 0 Å². The van der Waals surface area contributed by atoms with Crippen molar-refractivity contribution in [3.05, 3.63) is 48.0 Å². The van der Waals surface area contributed by atoms with Crippen LogP contribution in [0.3, 0.4) is 0 Å². The number of ether oxygens (including phenoxy) is 1. The van der Waals surface area contributed by atoms with Gasteiger partial charge in [-0.25, -0.2) is 0 Å². The number of ketones is 1. The maximum atomic E-state index is 12.4. The number of carbonyl (C=O) groups excluding carboxylic acids is 1. The second kappa shape index (κ2) is 5.51. The van der Waals surface area contributed by atoms with Crippen LogP contribution in [0.2, 0.25) is 0 Å². The topological polar surface area (TPSA) is 38.3 Å². The zero-order chi connectivity index (χ0) is 13.1. The van der Waals surface area contributed by atoms with E-state index in [1.54, 1.807) is 0 Å². The lowest BCUT2D eigenvalue weighted by Crippen LogP contribution is -2.42. The largest absolute Gasteiger partial charge is 0.378 e. The molecular weight excluding hydrogens is 238 g/mol. The Morgan fingerprint density at radius 3 is 2.89 bits per heavy atom. The number of fused-ring (bicyclic) bond motifs is 1. The molecule has 1 heterocycles. The summed E-state index contributed by atoms with van der Waals surface area (Å²) in [4.78, 5) is 12.4. The Kier molecular flexibility index (Phi) is 3.58. The first-order valence-corrected chi connectivity index (χ1v) is 6.67. The van der Waals surface area contributed by atoms with Crippen LogP contribution in [0.1, 0.15) is 16.8 Å². The van der Waals surface area contributed by atoms with Crippen molar-refractivity contribution in [2.75, 3.05) is 19.8 Å². The SMILES string of the molecule is O=C(CC1COCCN1)c1cccc2ccccc12. The van der Waals surface area contributed by atoms with Gasteiger partial charge in [-0.3, -0.25) is 4.79 Å². The molecule has 2 aromatic rings. The fraction of sp³-hybridized carbons (Fsp3) is 0.312. The van der Waals surface area contributed by atoms with Crippen molar-refractivity contribution in [3.8, 4) is 0 Å². The number of hydrogen-bond acceptors (Lipinski definition) is 3. The number of Topliss-reactive ketones (excluding diaryl/α,β-unsaturated/α-hetero) is 1. The molecule has 1 N–H and O–H groups in total. The molecule has 3 heteroatoms. The molecule has 0 spiro atoms. The van der Waals surface area contributed by atoms with Crippen LogP contribution in [0.25, 0.3) is 10.8 Å². The van der Waals surface area contributed by atoms with Gasteiger partial charge >= 0.3 is 0 Å². The fourth-order valence-corrected chi connectivity index (χ4v) is 2.55. The Morgan fingerprint density at radius 2 is 2.05 bits per heavy atom. The van der Waals surface area contributed by atoms with E-state index in [0.29, 0.717) is 13.0 Å². The number of carbonyl (C=O) groups is 1. The van der Waals surface area contributed by atoms with Crippen LogP contribution in [0.15, 0.2) is 42.5 Å². The molecule has 2 aromatic carbocycles. The van der Waals surface area contributed by atoms with Crippen molar-refractivity contribution in [1.82, 2.24) is 5.32 Å². The number of benzene rings is 2. The van der Waals surface area contributed by atoms with Crippen molar-refractivity contribution in [3.63, 3.8) is 0 Å². The van der Waals surface area contributed by atoms with Gasteiger partial charge in [-0.2, -0.15) is 0 Å². The molecular formula is C16H17NO2. The van der Waals surface area contributed by atoms with Gasteiger partial charge in [0.1, 0.15) is 0 Å². The molecule has 1 atom stereocenters. The predicted octanol–water partition coefficient (Wildman–Crippen LogP) is 2.40. The number of hydrogen-bond donors (Lipinski definition) is 1. The minimum absolute atomic E-state index is 0.139. The monoisotopic (exact) mass is 255 g/mol. The summed E-state index contributed by atoms with van der Waals surface area (Å²) >= 11 is 0. The van der Waals surface area contributed by atoms with Crippen LogP contribution in [0, 0.1) is 0 Å². The predicted molar refractivity (Wildman–Crippen MR) is 75.5 cm³/mol. The Balaban J connectivity index is 1.85. The third kappa shape index (κ3) is 2.67. The van der Waals surface area contributed by atoms with E-state index in [1.165, 1.54) is 0 Å². The minimum Gasteiger partial charge on any atom is -0.378 e. The standard InChI is InChI=1S/C16H17NO2/c18-16(10-13-11-19-9-8-17-13)15-7-3-5-12-4-1-2-6-14(12)15/h1-7,13,17H,8-11H2. The van der Waals surface area contributed by atoms with Crippen LogP contribution >= 0.6 is 0 Å². The molecule has 0 radical (unpaired) electrons. The van der Waals surface area contributed by atoms with Crippen LogP contribution < -0.4 is 5.32 Å². The molecule has 3 rings (SSSR count). The molecule has 0 aromatic heterocycles. The quantitative estimate of drug-likeness (QED) is 0.856. The highest BCUT2D eigenvalue weighted by atomic mass is 16.5. The Morgan fingerprint density at radius 1 is 1.21 bits per heavy atom. The Bertz CT molecular complexity index is 583. The maximum absolute atomic E-state index is 12.4. The van der Waals surface area contributed by atoms with Gasteiger partial charge in [0, 0.05) is 24.6 Å². The first-order chi connectivity index (χ1) is 9.34. The van der Waals surface area contributed by atoms with Gasteiger partial charge in [0.05, 0.1) is 13.2 Å². The molecule has 1 fully saturated rings. The molecule has 19 heavy (non-hydrogen) atoms. The van der Waals surface area contributed by atoms with E-state index < -0.39 is 0 Å². The van der Waals surface area contributed by atoms with Crippen LogP contribution in [-0.4, -0.2) is 31.6 Å². The Hall–Kier alpha value is -1.71. The smallest absolute Gasteiger partial charge is 0.165 e. The lowest BCUT2D eigenvalue weighted by Gasteiger charge is -2.23. The summed E-state index contributed by atoms with van der Waals surface area (Å²) in [6.07, 6.45) is 0.494. The average molecular weight is 255 g/mol. The molecule has 0 amide bonds. The minimum atomic E-state index is 0.139. The van der Waals surface area contributed by atoms with Crippen molar-refractivity contribution < 1.29 is 9.53 Å². The first kappa shape index (κ1) is 12.3. The van der Waals surface area contributed by atoms with Crippen molar-refractivity contribution in [1.29, 1.82) is 0 Å². The van der Waals surface area contributed by atoms with Gasteiger partial charge in [-0.15, -0.1) is 0 Å². The number of morpholine rings is 1. The van der Waals surface area contributed by atoms with Crippen molar-refractivity contribution in [2.45, 2.75) is 12.5 Å². The van der Waals surface area contributed by atoms with Crippen LogP contribution in [-0.2, 0) is 4.74 Å². The summed E-state index contributed by atoms with van der Waals surface area (Å²) < 4.78 is 5.39. The number of rotatable bonds is 3. The molecule has 98 valence electrons. The van der Waals surface area contributed by atoms with E-state index in [9.17, 15) is 4.79 Å². The molecule has 3 nitrogen and oxygen atoms in total. The first-order valence-electron chi connectivity index (χ1n) is 6.67. The van der Waals surface area contributed by atoms with Gasteiger partial charge in [0.25, 0.3) is 0 Å². The van der Waals surface area contributed by atoms with Gasteiger partial charge in [-0.05, 0) is 10.8 Å². The fourth-order valence-electron chi connectivity index (χ4n) is 2.55. The molecule has 0 saturated carbocycles. The zero-order valence-electron chi connectivity index (χ0n) is 10.8. The lowest BCUT2D eigenvalue weighted by atomic mass is 9.97. The van der Waals surface area contributed by atoms with E-state index in [-0.39, 0.29) is 11.8 Å². The highest BCUT2D eigenvalue weighted by molar-refractivity contribution is 6.08. The third-order valence-corrected chi connectivity index (χ3v) is 3.52. The van der Waals surface area contributed by atoms with E-state index >= 15 is 0 Å². The van der Waals surface area contributed by atoms with E-state index in [2.05, 4.69) is 5.32 Å². The summed E-state index contributed by atoms with van der Waals surface area (Å²) in [7, 11) is 0. The summed E-state index contributed by atoms with van der Waals surface area (Å²) in [6, 6.07) is 14.0. The van der Waals surface area contributed by atoms with Gasteiger partial charge in [0.15, 0.2) is 5.78 Å².